The normalized spacial score (nSPS) is 13.6. The molecule has 7 nitrogen and oxygen atoms in total. The molecule has 3 rings (SSSR count). The quantitative estimate of drug-likeness (QED) is 0.540. The summed E-state index contributed by atoms with van der Waals surface area (Å²) in [4.78, 5) is 40.1. The van der Waals surface area contributed by atoms with E-state index in [1.54, 1.807) is 36.1 Å². The van der Waals surface area contributed by atoms with E-state index in [-0.39, 0.29) is 18.4 Å². The lowest BCUT2D eigenvalue weighted by atomic mass is 10.1. The molecule has 7 heteroatoms. The second-order valence-electron chi connectivity index (χ2n) is 6.97. The molecule has 2 aromatic rings. The van der Waals surface area contributed by atoms with Crippen molar-refractivity contribution in [3.63, 3.8) is 0 Å². The van der Waals surface area contributed by atoms with Crippen LogP contribution in [0.15, 0.2) is 54.6 Å². The Kier molecular flexibility index (Phi) is 7.43. The van der Waals surface area contributed by atoms with E-state index in [1.165, 1.54) is 0 Å². The summed E-state index contributed by atoms with van der Waals surface area (Å²) in [6.07, 6.45) is 0.420. The lowest BCUT2D eigenvalue weighted by molar-refractivity contribution is -0.132. The Labute approximate surface area is 176 Å². The molecule has 30 heavy (non-hydrogen) atoms. The van der Waals surface area contributed by atoms with Crippen molar-refractivity contribution < 1.29 is 23.9 Å². The Bertz CT molecular complexity index is 859. The minimum absolute atomic E-state index is 0.103. The highest BCUT2D eigenvalue weighted by Crippen LogP contribution is 2.16. The van der Waals surface area contributed by atoms with Gasteiger partial charge in [-0.3, -0.25) is 9.59 Å². The third-order valence-electron chi connectivity index (χ3n) is 4.95. The number of carbonyl (C=O) groups is 3. The van der Waals surface area contributed by atoms with Crippen LogP contribution in [0.5, 0.6) is 5.75 Å². The molecule has 0 bridgehead atoms. The number of amides is 2. The highest BCUT2D eigenvalue weighted by molar-refractivity contribution is 5.94. The van der Waals surface area contributed by atoms with Crippen LogP contribution >= 0.6 is 0 Å². The number of nitrogens with zero attached hydrogens (tertiary/aromatic N) is 2. The third kappa shape index (κ3) is 5.83. The minimum atomic E-state index is -0.773. The van der Waals surface area contributed by atoms with Gasteiger partial charge in [-0.2, -0.15) is 0 Å². The van der Waals surface area contributed by atoms with E-state index < -0.39 is 6.16 Å². The zero-order valence-corrected chi connectivity index (χ0v) is 17.1. The molecule has 2 aromatic carbocycles. The predicted octanol–water partition coefficient (Wildman–Crippen LogP) is 3.14. The van der Waals surface area contributed by atoms with E-state index in [9.17, 15) is 14.4 Å². The van der Waals surface area contributed by atoms with Gasteiger partial charge in [-0.1, -0.05) is 30.3 Å². The second-order valence-corrected chi connectivity index (χ2v) is 6.97. The first-order chi connectivity index (χ1) is 14.6. The molecule has 1 aliphatic rings. The van der Waals surface area contributed by atoms with Crippen molar-refractivity contribution in [3.8, 4) is 5.75 Å². The molecule has 1 fully saturated rings. The summed E-state index contributed by atoms with van der Waals surface area (Å²) >= 11 is 0. The molecule has 0 spiro atoms. The van der Waals surface area contributed by atoms with Crippen molar-refractivity contribution in [2.75, 3.05) is 32.8 Å². The number of hydrogen-bond acceptors (Lipinski definition) is 5. The van der Waals surface area contributed by atoms with Gasteiger partial charge in [-0.15, -0.1) is 0 Å². The van der Waals surface area contributed by atoms with Crippen LogP contribution in [0.25, 0.3) is 0 Å². The topological polar surface area (TPSA) is 76.2 Å². The van der Waals surface area contributed by atoms with Crippen LogP contribution < -0.4 is 4.74 Å². The van der Waals surface area contributed by atoms with Crippen LogP contribution in [0, 0.1) is 0 Å². The zero-order chi connectivity index (χ0) is 21.3. The van der Waals surface area contributed by atoms with Gasteiger partial charge in [-0.05, 0) is 43.2 Å². The van der Waals surface area contributed by atoms with Gasteiger partial charge in [-0.25, -0.2) is 4.79 Å². The lowest BCUT2D eigenvalue weighted by Crippen LogP contribution is -2.50. The number of ether oxygens (including phenoxy) is 2. The Hall–Kier alpha value is -3.35. The van der Waals surface area contributed by atoms with Gasteiger partial charge in [0.1, 0.15) is 5.75 Å². The van der Waals surface area contributed by atoms with Crippen LogP contribution in [-0.2, 0) is 16.0 Å². The van der Waals surface area contributed by atoms with Gasteiger partial charge in [0.25, 0.3) is 5.91 Å². The molecule has 2 amide bonds. The maximum absolute atomic E-state index is 12.7. The largest absolute Gasteiger partial charge is 0.513 e. The van der Waals surface area contributed by atoms with E-state index in [1.807, 2.05) is 35.2 Å². The monoisotopic (exact) mass is 410 g/mol. The number of benzene rings is 2. The summed E-state index contributed by atoms with van der Waals surface area (Å²) in [5.74, 6) is 0.333. The van der Waals surface area contributed by atoms with Crippen LogP contribution in [0.1, 0.15) is 29.3 Å². The number of hydrogen-bond donors (Lipinski definition) is 0. The molecular formula is C23H26N2O5. The number of aryl methyl sites for hydroxylation is 1. The molecule has 1 heterocycles. The van der Waals surface area contributed by atoms with Crippen LogP contribution in [0.3, 0.4) is 0 Å². The molecule has 0 aliphatic carbocycles. The summed E-state index contributed by atoms with van der Waals surface area (Å²) < 4.78 is 9.72. The maximum atomic E-state index is 12.7. The Balaban J connectivity index is 1.46. The summed E-state index contributed by atoms with van der Waals surface area (Å²) in [6, 6.07) is 16.3. The molecule has 1 saturated heterocycles. The molecule has 0 saturated carbocycles. The molecule has 0 N–H and O–H groups in total. The predicted molar refractivity (Wildman–Crippen MR) is 111 cm³/mol. The summed E-state index contributed by atoms with van der Waals surface area (Å²) in [5, 5.41) is 0. The van der Waals surface area contributed by atoms with Crippen molar-refractivity contribution in [1.82, 2.24) is 9.80 Å². The zero-order valence-electron chi connectivity index (χ0n) is 17.1. The second kappa shape index (κ2) is 10.4. The van der Waals surface area contributed by atoms with Gasteiger partial charge < -0.3 is 19.3 Å². The lowest BCUT2D eigenvalue weighted by Gasteiger charge is -2.35. The van der Waals surface area contributed by atoms with Crippen molar-refractivity contribution >= 4 is 18.0 Å². The molecule has 0 radical (unpaired) electrons. The fourth-order valence-electron chi connectivity index (χ4n) is 3.30. The average molecular weight is 410 g/mol. The summed E-state index contributed by atoms with van der Waals surface area (Å²) in [6.45, 7) is 3.98. The van der Waals surface area contributed by atoms with Crippen molar-refractivity contribution in [2.45, 2.75) is 19.8 Å². The standard InChI is InChI=1S/C23H26N2O5/c1-2-29-23(28)30-20-11-9-19(10-12-20)22(27)25-16-14-24(15-17-25)21(26)13-8-18-6-4-3-5-7-18/h3-7,9-12H,2,8,13-17H2,1H3. The highest BCUT2D eigenvalue weighted by Gasteiger charge is 2.24. The van der Waals surface area contributed by atoms with Crippen molar-refractivity contribution in [3.05, 3.63) is 65.7 Å². The van der Waals surface area contributed by atoms with E-state index in [4.69, 9.17) is 9.47 Å². The molecule has 0 aromatic heterocycles. The summed E-state index contributed by atoms with van der Waals surface area (Å²) in [7, 11) is 0. The maximum Gasteiger partial charge on any atom is 0.513 e. The van der Waals surface area contributed by atoms with Gasteiger partial charge in [0.2, 0.25) is 5.91 Å². The van der Waals surface area contributed by atoms with Crippen LogP contribution in [0.4, 0.5) is 4.79 Å². The molecule has 0 atom stereocenters. The van der Waals surface area contributed by atoms with Crippen molar-refractivity contribution in [2.24, 2.45) is 0 Å². The molecule has 1 aliphatic heterocycles. The summed E-state index contributed by atoms with van der Waals surface area (Å²) in [5.41, 5.74) is 1.66. The molecule has 158 valence electrons. The Morgan fingerprint density at radius 1 is 0.867 bits per heavy atom. The minimum Gasteiger partial charge on any atom is -0.434 e. The Morgan fingerprint density at radius 3 is 2.13 bits per heavy atom. The first-order valence-electron chi connectivity index (χ1n) is 10.1. The number of rotatable bonds is 6. The van der Waals surface area contributed by atoms with Crippen molar-refractivity contribution in [1.29, 1.82) is 0 Å². The van der Waals surface area contributed by atoms with Crippen LogP contribution in [0.2, 0.25) is 0 Å². The fourth-order valence-corrected chi connectivity index (χ4v) is 3.30. The van der Waals surface area contributed by atoms with Gasteiger partial charge in [0.05, 0.1) is 6.61 Å². The van der Waals surface area contributed by atoms with Gasteiger partial charge >= 0.3 is 6.16 Å². The van der Waals surface area contributed by atoms with Gasteiger partial charge in [0.15, 0.2) is 0 Å². The first-order valence-corrected chi connectivity index (χ1v) is 10.1. The van der Waals surface area contributed by atoms with E-state index >= 15 is 0 Å². The first kappa shape index (κ1) is 21.4. The number of piperazine rings is 1. The smallest absolute Gasteiger partial charge is 0.434 e. The SMILES string of the molecule is CCOC(=O)Oc1ccc(C(=O)N2CCN(C(=O)CCc3ccccc3)CC2)cc1. The third-order valence-corrected chi connectivity index (χ3v) is 4.95. The highest BCUT2D eigenvalue weighted by atomic mass is 16.7. The fraction of sp³-hybridized carbons (Fsp3) is 0.348. The van der Waals surface area contributed by atoms with E-state index in [0.717, 1.165) is 12.0 Å². The average Bonchev–Trinajstić information content (AvgIpc) is 2.78. The van der Waals surface area contributed by atoms with Crippen LogP contribution in [-0.4, -0.2) is 60.6 Å². The van der Waals surface area contributed by atoms with E-state index in [0.29, 0.717) is 43.9 Å². The van der Waals surface area contributed by atoms with E-state index in [2.05, 4.69) is 0 Å². The van der Waals surface area contributed by atoms with Gasteiger partial charge in [0, 0.05) is 38.2 Å². The Morgan fingerprint density at radius 2 is 1.50 bits per heavy atom. The molecule has 0 unspecified atom stereocenters. The molecular weight excluding hydrogens is 384 g/mol. The number of carbonyl (C=O) groups excluding carboxylic acids is 3.